The third-order valence-corrected chi connectivity index (χ3v) is 6.92. The molecule has 0 bridgehead atoms. The number of aromatic amines is 1. The van der Waals surface area contributed by atoms with Crippen molar-refractivity contribution in [3.05, 3.63) is 111 Å². The molecule has 1 aliphatic heterocycles. The second-order valence-electron chi connectivity index (χ2n) is 9.15. The molecule has 1 saturated heterocycles. The molecule has 1 fully saturated rings. The van der Waals surface area contributed by atoms with Gasteiger partial charge in [-0.3, -0.25) is 14.0 Å². The molecule has 37 heavy (non-hydrogen) atoms. The van der Waals surface area contributed by atoms with Crippen LogP contribution in [-0.4, -0.2) is 44.8 Å². The van der Waals surface area contributed by atoms with Gasteiger partial charge < -0.3 is 15.6 Å². The Morgan fingerprint density at radius 1 is 1.05 bits per heavy atom. The molecule has 5 rings (SSSR count). The van der Waals surface area contributed by atoms with Gasteiger partial charge in [-0.05, 0) is 55.0 Å². The number of primary amides is 1. The number of halogens is 2. The molecule has 0 spiro atoms. The fourth-order valence-corrected chi connectivity index (χ4v) is 5.02. The topological polar surface area (TPSA) is 96.5 Å². The Morgan fingerprint density at radius 3 is 2.35 bits per heavy atom. The van der Waals surface area contributed by atoms with Crippen LogP contribution in [0.1, 0.15) is 45.7 Å². The van der Waals surface area contributed by atoms with Crippen molar-refractivity contribution in [3.63, 3.8) is 0 Å². The van der Waals surface area contributed by atoms with Crippen LogP contribution in [0, 0.1) is 12.7 Å². The molecular weight excluding hydrogens is 493 g/mol. The van der Waals surface area contributed by atoms with Gasteiger partial charge in [-0.15, -0.1) is 12.4 Å². The highest BCUT2D eigenvalue weighted by Gasteiger charge is 2.21. The second-order valence-corrected chi connectivity index (χ2v) is 9.15. The number of likely N-dealkylation sites (tertiary alicyclic amines) is 1. The van der Waals surface area contributed by atoms with Crippen LogP contribution in [0.15, 0.2) is 71.3 Å². The number of imidazole rings is 1. The minimum atomic E-state index is -0.673. The van der Waals surface area contributed by atoms with Crippen molar-refractivity contribution in [2.75, 3.05) is 19.6 Å². The van der Waals surface area contributed by atoms with Gasteiger partial charge in [0.2, 0.25) is 0 Å². The molecule has 4 aromatic rings. The van der Waals surface area contributed by atoms with E-state index in [4.69, 9.17) is 5.73 Å². The maximum absolute atomic E-state index is 13.6. The highest BCUT2D eigenvalue weighted by Crippen LogP contribution is 2.32. The van der Waals surface area contributed by atoms with Crippen LogP contribution < -0.4 is 11.3 Å². The molecule has 1 aliphatic rings. The van der Waals surface area contributed by atoms with Crippen LogP contribution in [0.4, 0.5) is 4.39 Å². The molecule has 0 atom stereocenters. The number of amides is 1. The lowest BCUT2D eigenvalue weighted by Gasteiger charge is -2.30. The summed E-state index contributed by atoms with van der Waals surface area (Å²) in [5.41, 5.74) is 11.7. The van der Waals surface area contributed by atoms with Crippen molar-refractivity contribution in [3.8, 4) is 0 Å². The van der Waals surface area contributed by atoms with Gasteiger partial charge in [0.25, 0.3) is 11.5 Å². The van der Waals surface area contributed by atoms with E-state index in [2.05, 4.69) is 27.0 Å². The average Bonchev–Trinajstić information content (AvgIpc) is 3.31. The van der Waals surface area contributed by atoms with Crippen LogP contribution in [-0.2, 0) is 6.42 Å². The number of benzene rings is 2. The Hall–Kier alpha value is -3.75. The Labute approximate surface area is 220 Å². The highest BCUT2D eigenvalue weighted by atomic mass is 35.5. The van der Waals surface area contributed by atoms with Crippen LogP contribution in [0.2, 0.25) is 0 Å². The summed E-state index contributed by atoms with van der Waals surface area (Å²) in [5, 5.41) is 0. The summed E-state index contributed by atoms with van der Waals surface area (Å²) in [6, 6.07) is 17.0. The number of nitrogens with two attached hydrogens (primary N) is 1. The highest BCUT2D eigenvalue weighted by molar-refractivity contribution is 5.96. The van der Waals surface area contributed by atoms with E-state index >= 15 is 0 Å². The summed E-state index contributed by atoms with van der Waals surface area (Å²) < 4.78 is 14.9. The van der Waals surface area contributed by atoms with Crippen LogP contribution in [0.3, 0.4) is 0 Å². The van der Waals surface area contributed by atoms with E-state index in [1.165, 1.54) is 34.0 Å². The number of aryl methyl sites for hydroxylation is 1. The molecule has 0 unspecified atom stereocenters. The number of nitrogens with zero attached hydrogens (tertiary/aromatic N) is 3. The van der Waals surface area contributed by atoms with Crippen molar-refractivity contribution < 1.29 is 9.18 Å². The van der Waals surface area contributed by atoms with Gasteiger partial charge in [-0.25, -0.2) is 9.37 Å². The van der Waals surface area contributed by atoms with Gasteiger partial charge in [0.15, 0.2) is 11.3 Å². The normalized spacial score (nSPS) is 13.9. The number of piperidine rings is 1. The maximum atomic E-state index is 13.6. The number of carbonyl (C=O) groups is 1. The Bertz CT molecular complexity index is 1500. The number of H-pyrrole nitrogens is 1. The zero-order valence-corrected chi connectivity index (χ0v) is 21.4. The van der Waals surface area contributed by atoms with Crippen LogP contribution >= 0.6 is 12.4 Å². The smallest absolute Gasteiger partial charge is 0.271 e. The average molecular weight is 522 g/mol. The molecule has 3 N–H and O–H groups in total. The number of rotatable bonds is 6. The zero-order valence-electron chi connectivity index (χ0n) is 20.5. The molecular formula is C28H29ClFN5O2. The summed E-state index contributed by atoms with van der Waals surface area (Å²) in [5.74, 6) is -0.913. The molecule has 0 aliphatic carbocycles. The zero-order chi connectivity index (χ0) is 25.2. The van der Waals surface area contributed by atoms with Crippen LogP contribution in [0.25, 0.3) is 11.2 Å². The Morgan fingerprint density at radius 2 is 1.70 bits per heavy atom. The van der Waals surface area contributed by atoms with Crippen molar-refractivity contribution in [1.29, 1.82) is 0 Å². The largest absolute Gasteiger partial charge is 0.364 e. The molecule has 1 amide bonds. The molecule has 9 heteroatoms. The standard InChI is InChI=1S/C28H28FN5O2.ClH/c1-18-23(28(36)34-17-31-25(26(30)35)27(34)32-18)13-16-33-14-11-21(12-15-33)24(19-5-3-2-4-6-19)20-7-9-22(29)10-8-20;/h2-10,17,32H,11-16H2,1H3,(H2,30,35);1H. The van der Waals surface area contributed by atoms with E-state index < -0.39 is 5.91 Å². The minimum absolute atomic E-state index is 0. The Balaban J connectivity index is 0.00000320. The first-order valence-electron chi connectivity index (χ1n) is 12.1. The van der Waals surface area contributed by atoms with Crippen LogP contribution in [0.5, 0.6) is 0 Å². The number of nitrogens with one attached hydrogen (secondary N) is 1. The van der Waals surface area contributed by atoms with Crippen molar-refractivity contribution >= 4 is 29.5 Å². The van der Waals surface area contributed by atoms with Crippen molar-refractivity contribution in [2.45, 2.75) is 26.2 Å². The lowest BCUT2D eigenvalue weighted by molar-refractivity contribution is 0.0997. The quantitative estimate of drug-likeness (QED) is 0.399. The van der Waals surface area contributed by atoms with E-state index in [9.17, 15) is 14.0 Å². The molecule has 2 aromatic heterocycles. The molecule has 2 aromatic carbocycles. The third-order valence-electron chi connectivity index (χ3n) is 6.92. The SMILES string of the molecule is Cc1[nH]c2c(C(N)=O)ncn2c(=O)c1CCN1CCC(=C(c2ccccc2)c2ccc(F)cc2)CC1.Cl. The van der Waals surface area contributed by atoms with Gasteiger partial charge in [0.05, 0.1) is 0 Å². The van der Waals surface area contributed by atoms with E-state index in [-0.39, 0.29) is 29.5 Å². The lowest BCUT2D eigenvalue weighted by atomic mass is 9.88. The number of fused-ring (bicyclic) bond motifs is 1. The van der Waals surface area contributed by atoms with E-state index in [0.29, 0.717) is 17.6 Å². The molecule has 3 heterocycles. The lowest BCUT2D eigenvalue weighted by Crippen LogP contribution is -2.34. The van der Waals surface area contributed by atoms with Crippen molar-refractivity contribution in [2.24, 2.45) is 5.73 Å². The first kappa shape index (κ1) is 26.3. The fraction of sp³-hybridized carbons (Fsp3) is 0.250. The summed E-state index contributed by atoms with van der Waals surface area (Å²) in [4.78, 5) is 34.1. The molecule has 192 valence electrons. The van der Waals surface area contributed by atoms with Gasteiger partial charge in [-0.1, -0.05) is 48.0 Å². The molecule has 0 saturated carbocycles. The summed E-state index contributed by atoms with van der Waals surface area (Å²) in [6.07, 6.45) is 3.73. The predicted octanol–water partition coefficient (Wildman–Crippen LogP) is 4.13. The van der Waals surface area contributed by atoms with Gasteiger partial charge in [-0.2, -0.15) is 0 Å². The van der Waals surface area contributed by atoms with E-state index in [1.807, 2.05) is 37.3 Å². The second kappa shape index (κ2) is 11.1. The number of aromatic nitrogens is 3. The molecule has 7 nitrogen and oxygen atoms in total. The van der Waals surface area contributed by atoms with E-state index in [0.717, 1.165) is 49.3 Å². The predicted molar refractivity (Wildman–Crippen MR) is 145 cm³/mol. The fourth-order valence-electron chi connectivity index (χ4n) is 5.02. The molecule has 0 radical (unpaired) electrons. The van der Waals surface area contributed by atoms with Gasteiger partial charge >= 0.3 is 0 Å². The maximum Gasteiger partial charge on any atom is 0.271 e. The van der Waals surface area contributed by atoms with Crippen molar-refractivity contribution in [1.82, 2.24) is 19.3 Å². The van der Waals surface area contributed by atoms with Gasteiger partial charge in [0, 0.05) is 30.9 Å². The first-order valence-corrected chi connectivity index (χ1v) is 12.1. The number of carbonyl (C=O) groups excluding carboxylic acids is 1. The number of hydrogen-bond acceptors (Lipinski definition) is 4. The van der Waals surface area contributed by atoms with E-state index in [1.54, 1.807) is 0 Å². The minimum Gasteiger partial charge on any atom is -0.364 e. The summed E-state index contributed by atoms with van der Waals surface area (Å²) in [6.45, 7) is 4.34. The third kappa shape index (κ3) is 5.35. The summed E-state index contributed by atoms with van der Waals surface area (Å²) >= 11 is 0. The first-order chi connectivity index (χ1) is 17.4. The summed E-state index contributed by atoms with van der Waals surface area (Å²) in [7, 11) is 0. The number of hydrogen-bond donors (Lipinski definition) is 2. The van der Waals surface area contributed by atoms with Gasteiger partial charge in [0.1, 0.15) is 12.1 Å². The monoisotopic (exact) mass is 521 g/mol. The Kier molecular flexibility index (Phi) is 7.90.